The van der Waals surface area contributed by atoms with E-state index in [0.717, 1.165) is 47.0 Å². The van der Waals surface area contributed by atoms with Gasteiger partial charge in [0.2, 0.25) is 0 Å². The molecule has 7 heteroatoms. The van der Waals surface area contributed by atoms with Crippen LogP contribution in [0, 0.1) is 6.92 Å². The van der Waals surface area contributed by atoms with Gasteiger partial charge in [-0.2, -0.15) is 0 Å². The Labute approximate surface area is 164 Å². The highest BCUT2D eigenvalue weighted by atomic mass is 16.5. The van der Waals surface area contributed by atoms with Gasteiger partial charge in [-0.25, -0.2) is 4.98 Å². The SMILES string of the molecule is CC(=O)Oc1ccccc1COc1c(C)nc(N2CCOCC2)c2c1COC2. The molecule has 0 bridgehead atoms. The van der Waals surface area contributed by atoms with E-state index in [1.54, 1.807) is 6.07 Å². The van der Waals surface area contributed by atoms with E-state index in [-0.39, 0.29) is 12.6 Å². The van der Waals surface area contributed by atoms with Crippen molar-refractivity contribution in [2.75, 3.05) is 31.2 Å². The van der Waals surface area contributed by atoms with Gasteiger partial charge in [0.1, 0.15) is 23.9 Å². The molecule has 3 heterocycles. The Bertz CT molecular complexity index is 877. The van der Waals surface area contributed by atoms with E-state index in [1.165, 1.54) is 6.92 Å². The standard InChI is InChI=1S/C21H24N2O5/c1-14-20(27-11-16-5-3-4-6-19(16)28-15(2)24)17-12-26-13-18(17)21(22-14)23-7-9-25-10-8-23/h3-6H,7-13H2,1-2H3. The minimum absolute atomic E-state index is 0.287. The molecule has 4 rings (SSSR count). The van der Waals surface area contributed by atoms with Crippen molar-refractivity contribution in [2.45, 2.75) is 33.7 Å². The molecule has 2 aromatic rings. The summed E-state index contributed by atoms with van der Waals surface area (Å²) in [7, 11) is 0. The third kappa shape index (κ3) is 3.81. The Morgan fingerprint density at radius 1 is 1.14 bits per heavy atom. The maximum atomic E-state index is 11.3. The third-order valence-corrected chi connectivity index (χ3v) is 4.91. The first-order valence-corrected chi connectivity index (χ1v) is 9.45. The number of fused-ring (bicyclic) bond motifs is 1. The van der Waals surface area contributed by atoms with Gasteiger partial charge in [0, 0.05) is 36.7 Å². The molecule has 0 saturated carbocycles. The van der Waals surface area contributed by atoms with E-state index >= 15 is 0 Å². The Kier molecular flexibility index (Phi) is 5.45. The zero-order valence-corrected chi connectivity index (χ0v) is 16.2. The molecule has 1 saturated heterocycles. The number of nitrogens with zero attached hydrogens (tertiary/aromatic N) is 2. The number of esters is 1. The van der Waals surface area contributed by atoms with Crippen LogP contribution in [0.4, 0.5) is 5.82 Å². The molecule has 1 aromatic carbocycles. The van der Waals surface area contributed by atoms with Crippen LogP contribution in [0.3, 0.4) is 0 Å². The first-order valence-electron chi connectivity index (χ1n) is 9.45. The number of hydrogen-bond acceptors (Lipinski definition) is 7. The Morgan fingerprint density at radius 3 is 2.68 bits per heavy atom. The molecule has 0 atom stereocenters. The molecule has 0 spiro atoms. The van der Waals surface area contributed by atoms with Crippen LogP contribution < -0.4 is 14.4 Å². The van der Waals surface area contributed by atoms with Crippen LogP contribution in [0.2, 0.25) is 0 Å². The molecular formula is C21H24N2O5. The van der Waals surface area contributed by atoms with Crippen LogP contribution in [0.15, 0.2) is 24.3 Å². The van der Waals surface area contributed by atoms with Crippen LogP contribution in [0.5, 0.6) is 11.5 Å². The van der Waals surface area contributed by atoms with Gasteiger partial charge in [-0.05, 0) is 13.0 Å². The maximum absolute atomic E-state index is 11.3. The summed E-state index contributed by atoms with van der Waals surface area (Å²) in [5, 5.41) is 0. The van der Waals surface area contributed by atoms with Crippen molar-refractivity contribution in [3.05, 3.63) is 46.6 Å². The molecular weight excluding hydrogens is 360 g/mol. The number of para-hydroxylation sites is 1. The molecule has 0 unspecified atom stereocenters. The smallest absolute Gasteiger partial charge is 0.308 e. The first-order chi connectivity index (χ1) is 13.6. The molecule has 2 aliphatic heterocycles. The second-order valence-electron chi connectivity index (χ2n) is 6.89. The van der Waals surface area contributed by atoms with Crippen molar-refractivity contribution in [1.82, 2.24) is 4.98 Å². The third-order valence-electron chi connectivity index (χ3n) is 4.91. The zero-order chi connectivity index (χ0) is 19.5. The molecule has 148 valence electrons. The Morgan fingerprint density at radius 2 is 1.89 bits per heavy atom. The molecule has 1 aromatic heterocycles. The highest BCUT2D eigenvalue weighted by Crippen LogP contribution is 2.38. The second-order valence-corrected chi connectivity index (χ2v) is 6.89. The van der Waals surface area contributed by atoms with Crippen molar-refractivity contribution in [2.24, 2.45) is 0 Å². The summed E-state index contributed by atoms with van der Waals surface area (Å²) in [4.78, 5) is 18.4. The van der Waals surface area contributed by atoms with Gasteiger partial charge in [-0.15, -0.1) is 0 Å². The number of rotatable bonds is 5. The van der Waals surface area contributed by atoms with Gasteiger partial charge in [0.15, 0.2) is 0 Å². The predicted octanol–water partition coefficient (Wildman–Crippen LogP) is 2.76. The molecule has 0 radical (unpaired) electrons. The molecule has 28 heavy (non-hydrogen) atoms. The largest absolute Gasteiger partial charge is 0.486 e. The van der Waals surface area contributed by atoms with Gasteiger partial charge >= 0.3 is 5.97 Å². The van der Waals surface area contributed by atoms with Gasteiger partial charge < -0.3 is 23.8 Å². The lowest BCUT2D eigenvalue weighted by Gasteiger charge is -2.30. The number of hydrogen-bond donors (Lipinski definition) is 0. The number of aryl methyl sites for hydroxylation is 1. The van der Waals surface area contributed by atoms with E-state index in [0.29, 0.717) is 32.2 Å². The maximum Gasteiger partial charge on any atom is 0.308 e. The predicted molar refractivity (Wildman–Crippen MR) is 103 cm³/mol. The highest BCUT2D eigenvalue weighted by Gasteiger charge is 2.27. The summed E-state index contributed by atoms with van der Waals surface area (Å²) < 4.78 is 22.6. The first kappa shape index (κ1) is 18.7. The van der Waals surface area contributed by atoms with Crippen LogP contribution in [0.25, 0.3) is 0 Å². The van der Waals surface area contributed by atoms with Crippen molar-refractivity contribution in [3.63, 3.8) is 0 Å². The Hall–Kier alpha value is -2.64. The highest BCUT2D eigenvalue weighted by molar-refractivity contribution is 5.69. The number of carbonyl (C=O) groups excluding carboxylic acids is 1. The summed E-state index contributed by atoms with van der Waals surface area (Å²) in [5.41, 5.74) is 3.78. The van der Waals surface area contributed by atoms with Gasteiger partial charge in [0.25, 0.3) is 0 Å². The molecule has 2 aliphatic rings. The number of benzene rings is 1. The fraction of sp³-hybridized carbons (Fsp3) is 0.429. The molecule has 7 nitrogen and oxygen atoms in total. The normalized spacial score (nSPS) is 16.0. The number of ether oxygens (including phenoxy) is 4. The lowest BCUT2D eigenvalue weighted by Crippen LogP contribution is -2.37. The van der Waals surface area contributed by atoms with Crippen molar-refractivity contribution in [1.29, 1.82) is 0 Å². The topological polar surface area (TPSA) is 70.1 Å². The summed E-state index contributed by atoms with van der Waals surface area (Å²) in [6.07, 6.45) is 0. The fourth-order valence-electron chi connectivity index (χ4n) is 3.58. The van der Waals surface area contributed by atoms with Crippen molar-refractivity contribution < 1.29 is 23.7 Å². The molecule has 0 N–H and O–H groups in total. The van der Waals surface area contributed by atoms with Crippen LogP contribution >= 0.6 is 0 Å². The van der Waals surface area contributed by atoms with E-state index in [2.05, 4.69) is 4.90 Å². The van der Waals surface area contributed by atoms with Crippen molar-refractivity contribution >= 4 is 11.8 Å². The fourth-order valence-corrected chi connectivity index (χ4v) is 3.58. The summed E-state index contributed by atoms with van der Waals surface area (Å²) >= 11 is 0. The van der Waals surface area contributed by atoms with E-state index < -0.39 is 0 Å². The molecule has 0 amide bonds. The molecule has 1 fully saturated rings. The van der Waals surface area contributed by atoms with Crippen LogP contribution in [0.1, 0.15) is 29.3 Å². The van der Waals surface area contributed by atoms with Crippen LogP contribution in [-0.2, 0) is 34.1 Å². The lowest BCUT2D eigenvalue weighted by molar-refractivity contribution is -0.131. The number of pyridine rings is 1. The van der Waals surface area contributed by atoms with Gasteiger partial charge in [0.05, 0.1) is 32.1 Å². The zero-order valence-electron chi connectivity index (χ0n) is 16.2. The monoisotopic (exact) mass is 384 g/mol. The summed E-state index contributed by atoms with van der Waals surface area (Å²) in [5.74, 6) is 1.89. The number of carbonyl (C=O) groups is 1. The van der Waals surface area contributed by atoms with Crippen LogP contribution in [-0.4, -0.2) is 37.3 Å². The van der Waals surface area contributed by atoms with E-state index in [1.807, 2.05) is 25.1 Å². The van der Waals surface area contributed by atoms with Crippen molar-refractivity contribution in [3.8, 4) is 11.5 Å². The van der Waals surface area contributed by atoms with Gasteiger partial charge in [-0.3, -0.25) is 4.79 Å². The average Bonchev–Trinajstić information content (AvgIpc) is 3.18. The summed E-state index contributed by atoms with van der Waals surface area (Å²) in [6.45, 7) is 7.75. The minimum Gasteiger partial charge on any atom is -0.486 e. The summed E-state index contributed by atoms with van der Waals surface area (Å²) in [6, 6.07) is 7.38. The second kappa shape index (κ2) is 8.16. The minimum atomic E-state index is -0.352. The average molecular weight is 384 g/mol. The van der Waals surface area contributed by atoms with E-state index in [9.17, 15) is 4.79 Å². The number of aromatic nitrogens is 1. The Balaban J connectivity index is 1.59. The number of anilines is 1. The van der Waals surface area contributed by atoms with Gasteiger partial charge in [-0.1, -0.05) is 18.2 Å². The van der Waals surface area contributed by atoms with E-state index in [4.69, 9.17) is 23.9 Å². The quantitative estimate of drug-likeness (QED) is 0.580. The lowest BCUT2D eigenvalue weighted by atomic mass is 10.1. The molecule has 0 aliphatic carbocycles. The number of morpholine rings is 1.